The molecule has 2 saturated carbocycles. The number of rotatable bonds is 3. The first-order valence-corrected chi connectivity index (χ1v) is 6.24. The summed E-state index contributed by atoms with van der Waals surface area (Å²) < 4.78 is 0. The van der Waals surface area contributed by atoms with Gasteiger partial charge in [0.1, 0.15) is 0 Å². The van der Waals surface area contributed by atoms with Crippen LogP contribution in [-0.2, 0) is 0 Å². The van der Waals surface area contributed by atoms with Gasteiger partial charge in [-0.25, -0.2) is 0 Å². The molecule has 0 aromatic carbocycles. The van der Waals surface area contributed by atoms with Gasteiger partial charge in [-0.1, -0.05) is 0 Å². The minimum absolute atomic E-state index is 0.452. The summed E-state index contributed by atoms with van der Waals surface area (Å²) >= 11 is 0. The summed E-state index contributed by atoms with van der Waals surface area (Å²) in [6, 6.07) is 0. The Kier molecular flexibility index (Phi) is 2.10. The molecule has 0 radical (unpaired) electrons. The van der Waals surface area contributed by atoms with Gasteiger partial charge in [0.05, 0.1) is 0 Å². The highest BCUT2D eigenvalue weighted by atomic mass is 15.2. The van der Waals surface area contributed by atoms with E-state index in [2.05, 4.69) is 17.1 Å². The van der Waals surface area contributed by atoms with Gasteiger partial charge in [-0.05, 0) is 44.4 Å². The van der Waals surface area contributed by atoms with Gasteiger partial charge in [-0.2, -0.15) is 0 Å². The van der Waals surface area contributed by atoms with Gasteiger partial charge in [-0.15, -0.1) is 0 Å². The molecular formula is C12H22N2. The van der Waals surface area contributed by atoms with Crippen LogP contribution < -0.4 is 5.32 Å². The van der Waals surface area contributed by atoms with Gasteiger partial charge in [0.2, 0.25) is 0 Å². The van der Waals surface area contributed by atoms with E-state index in [0.717, 1.165) is 11.8 Å². The number of hydrogen-bond acceptors (Lipinski definition) is 2. The lowest BCUT2D eigenvalue weighted by Crippen LogP contribution is -2.60. The molecule has 1 atom stereocenters. The molecule has 3 rings (SSSR count). The minimum Gasteiger partial charge on any atom is -0.309 e. The van der Waals surface area contributed by atoms with Crippen molar-refractivity contribution in [1.29, 1.82) is 0 Å². The molecule has 0 aromatic heterocycles. The molecule has 1 N–H and O–H groups in total. The van der Waals surface area contributed by atoms with Crippen LogP contribution in [0.5, 0.6) is 0 Å². The minimum atomic E-state index is 0.452. The second-order valence-corrected chi connectivity index (χ2v) is 5.80. The molecular weight excluding hydrogens is 172 g/mol. The lowest BCUT2D eigenvalue weighted by Gasteiger charge is -2.42. The third-order valence-corrected chi connectivity index (χ3v) is 4.20. The molecule has 1 saturated heterocycles. The van der Waals surface area contributed by atoms with Crippen molar-refractivity contribution in [3.05, 3.63) is 0 Å². The number of piperazine rings is 1. The third kappa shape index (κ3) is 1.82. The maximum atomic E-state index is 3.74. The molecule has 0 bridgehead atoms. The fourth-order valence-electron chi connectivity index (χ4n) is 2.91. The second kappa shape index (κ2) is 3.21. The summed E-state index contributed by atoms with van der Waals surface area (Å²) in [7, 11) is 0. The molecule has 3 fully saturated rings. The standard InChI is InChI=1S/C12H22N2/c1-12(11-4-5-11)9-14(7-6-13-12)8-10-2-3-10/h10-11,13H,2-9H2,1H3. The Hall–Kier alpha value is -0.0800. The summed E-state index contributed by atoms with van der Waals surface area (Å²) in [6.45, 7) is 7.60. The molecule has 2 aliphatic carbocycles. The molecule has 1 heterocycles. The summed E-state index contributed by atoms with van der Waals surface area (Å²) in [5, 5.41) is 3.74. The zero-order chi connectivity index (χ0) is 9.60. The largest absolute Gasteiger partial charge is 0.309 e. The maximum Gasteiger partial charge on any atom is 0.0309 e. The SMILES string of the molecule is CC1(C2CC2)CN(CC2CC2)CCN1. The van der Waals surface area contributed by atoms with Crippen molar-refractivity contribution in [2.24, 2.45) is 11.8 Å². The summed E-state index contributed by atoms with van der Waals surface area (Å²) in [5.41, 5.74) is 0.452. The Bertz CT molecular complexity index is 220. The van der Waals surface area contributed by atoms with E-state index in [-0.39, 0.29) is 0 Å². The van der Waals surface area contributed by atoms with E-state index in [0.29, 0.717) is 5.54 Å². The van der Waals surface area contributed by atoms with Gasteiger partial charge in [0.25, 0.3) is 0 Å². The predicted molar refractivity (Wildman–Crippen MR) is 58.3 cm³/mol. The van der Waals surface area contributed by atoms with Crippen molar-refractivity contribution < 1.29 is 0 Å². The highest BCUT2D eigenvalue weighted by molar-refractivity contribution is 5.02. The monoisotopic (exact) mass is 194 g/mol. The lowest BCUT2D eigenvalue weighted by molar-refractivity contribution is 0.123. The molecule has 0 aromatic rings. The fourth-order valence-corrected chi connectivity index (χ4v) is 2.91. The molecule has 14 heavy (non-hydrogen) atoms. The number of nitrogens with zero attached hydrogens (tertiary/aromatic N) is 1. The quantitative estimate of drug-likeness (QED) is 0.732. The van der Waals surface area contributed by atoms with Gasteiger partial charge >= 0.3 is 0 Å². The molecule has 80 valence electrons. The smallest absolute Gasteiger partial charge is 0.0309 e. The van der Waals surface area contributed by atoms with E-state index in [9.17, 15) is 0 Å². The van der Waals surface area contributed by atoms with E-state index >= 15 is 0 Å². The van der Waals surface area contributed by atoms with Crippen molar-refractivity contribution >= 4 is 0 Å². The first-order chi connectivity index (χ1) is 6.76. The van der Waals surface area contributed by atoms with Crippen molar-refractivity contribution in [3.8, 4) is 0 Å². The van der Waals surface area contributed by atoms with E-state index < -0.39 is 0 Å². The van der Waals surface area contributed by atoms with E-state index in [1.807, 2.05) is 0 Å². The molecule has 2 nitrogen and oxygen atoms in total. The highest BCUT2D eigenvalue weighted by Gasteiger charge is 2.44. The maximum absolute atomic E-state index is 3.74. The van der Waals surface area contributed by atoms with Crippen molar-refractivity contribution in [2.45, 2.75) is 38.1 Å². The van der Waals surface area contributed by atoms with Crippen LogP contribution in [0.4, 0.5) is 0 Å². The first kappa shape index (κ1) is 9.17. The number of hydrogen-bond donors (Lipinski definition) is 1. The van der Waals surface area contributed by atoms with Crippen LogP contribution >= 0.6 is 0 Å². The predicted octanol–water partition coefficient (Wildman–Crippen LogP) is 1.47. The van der Waals surface area contributed by atoms with Crippen LogP contribution in [0.25, 0.3) is 0 Å². The van der Waals surface area contributed by atoms with Crippen LogP contribution in [0.15, 0.2) is 0 Å². The molecule has 2 heteroatoms. The van der Waals surface area contributed by atoms with Crippen molar-refractivity contribution in [1.82, 2.24) is 10.2 Å². The molecule has 3 aliphatic rings. The van der Waals surface area contributed by atoms with E-state index in [1.165, 1.54) is 51.9 Å². The normalized spacial score (nSPS) is 40.1. The second-order valence-electron chi connectivity index (χ2n) is 5.80. The van der Waals surface area contributed by atoms with Gasteiger partial charge < -0.3 is 5.32 Å². The van der Waals surface area contributed by atoms with E-state index in [4.69, 9.17) is 0 Å². The van der Waals surface area contributed by atoms with Crippen LogP contribution in [0.2, 0.25) is 0 Å². The third-order valence-electron chi connectivity index (χ3n) is 4.20. The average Bonchev–Trinajstić information content (AvgIpc) is 3.00. The van der Waals surface area contributed by atoms with Gasteiger partial charge in [-0.3, -0.25) is 4.90 Å². The topological polar surface area (TPSA) is 15.3 Å². The molecule has 0 amide bonds. The van der Waals surface area contributed by atoms with Crippen molar-refractivity contribution in [2.75, 3.05) is 26.2 Å². The first-order valence-electron chi connectivity index (χ1n) is 6.24. The molecule has 0 spiro atoms. The average molecular weight is 194 g/mol. The van der Waals surface area contributed by atoms with Crippen LogP contribution in [-0.4, -0.2) is 36.6 Å². The Morgan fingerprint density at radius 1 is 1.29 bits per heavy atom. The van der Waals surface area contributed by atoms with Gasteiger partial charge in [0, 0.05) is 31.7 Å². The zero-order valence-corrected chi connectivity index (χ0v) is 9.26. The fraction of sp³-hybridized carbons (Fsp3) is 1.00. The van der Waals surface area contributed by atoms with Gasteiger partial charge in [0.15, 0.2) is 0 Å². The van der Waals surface area contributed by atoms with Crippen LogP contribution in [0, 0.1) is 11.8 Å². The Balaban J connectivity index is 1.58. The lowest BCUT2D eigenvalue weighted by atomic mass is 9.93. The van der Waals surface area contributed by atoms with Crippen molar-refractivity contribution in [3.63, 3.8) is 0 Å². The van der Waals surface area contributed by atoms with Crippen LogP contribution in [0.3, 0.4) is 0 Å². The highest BCUT2D eigenvalue weighted by Crippen LogP contribution is 2.41. The Morgan fingerprint density at radius 2 is 2.07 bits per heavy atom. The molecule has 1 unspecified atom stereocenters. The summed E-state index contributed by atoms with van der Waals surface area (Å²) in [6.07, 6.45) is 5.90. The zero-order valence-electron chi connectivity index (χ0n) is 9.26. The summed E-state index contributed by atoms with van der Waals surface area (Å²) in [5.74, 6) is 2.03. The Morgan fingerprint density at radius 3 is 2.71 bits per heavy atom. The van der Waals surface area contributed by atoms with E-state index in [1.54, 1.807) is 0 Å². The number of nitrogens with one attached hydrogen (secondary N) is 1. The molecule has 1 aliphatic heterocycles. The Labute approximate surface area is 87.0 Å². The summed E-state index contributed by atoms with van der Waals surface area (Å²) in [4.78, 5) is 2.70. The van der Waals surface area contributed by atoms with Crippen LogP contribution in [0.1, 0.15) is 32.6 Å².